The van der Waals surface area contributed by atoms with Crippen LogP contribution in [0.4, 0.5) is 0 Å². The number of hydrogen-bond donors (Lipinski definition) is 1. The van der Waals surface area contributed by atoms with Crippen LogP contribution in [0.1, 0.15) is 12.6 Å². The molecule has 0 unspecified atom stereocenters. The molecule has 2 heterocycles. The molecule has 4 aromatic rings. The van der Waals surface area contributed by atoms with Crippen molar-refractivity contribution in [2.24, 2.45) is 7.05 Å². The van der Waals surface area contributed by atoms with Gasteiger partial charge in [-0.1, -0.05) is 13.0 Å². The van der Waals surface area contributed by atoms with Crippen molar-refractivity contribution in [2.45, 2.75) is 13.3 Å². The van der Waals surface area contributed by atoms with E-state index in [0.717, 1.165) is 56.1 Å². The van der Waals surface area contributed by atoms with Crippen LogP contribution in [0.5, 0.6) is 23.0 Å². The Kier molecular flexibility index (Phi) is 3.34. The van der Waals surface area contributed by atoms with E-state index in [9.17, 15) is 5.11 Å². The Morgan fingerprint density at radius 1 is 1.04 bits per heavy atom. The Labute approximate surface area is 156 Å². The summed E-state index contributed by atoms with van der Waals surface area (Å²) in [5.74, 6) is 2.23. The highest BCUT2D eigenvalue weighted by Crippen LogP contribution is 2.42. The Bertz CT molecular complexity index is 1250. The van der Waals surface area contributed by atoms with Crippen molar-refractivity contribution >= 4 is 32.4 Å². The first-order valence-electron chi connectivity index (χ1n) is 9.00. The Hall–Kier alpha value is -3.21. The highest BCUT2D eigenvalue weighted by molar-refractivity contribution is 6.15. The molecule has 0 radical (unpaired) electrons. The van der Waals surface area contributed by atoms with Crippen LogP contribution in [0.3, 0.4) is 0 Å². The van der Waals surface area contributed by atoms with E-state index in [1.54, 1.807) is 7.11 Å². The summed E-state index contributed by atoms with van der Waals surface area (Å²) in [6.07, 6.45) is 0.782. The highest BCUT2D eigenvalue weighted by atomic mass is 16.7. The van der Waals surface area contributed by atoms with Gasteiger partial charge < -0.3 is 19.3 Å². The molecule has 136 valence electrons. The number of pyridine rings is 1. The van der Waals surface area contributed by atoms with Crippen molar-refractivity contribution in [1.82, 2.24) is 0 Å². The summed E-state index contributed by atoms with van der Waals surface area (Å²) < 4.78 is 18.6. The summed E-state index contributed by atoms with van der Waals surface area (Å²) in [6, 6.07) is 12.1. The van der Waals surface area contributed by atoms with Crippen LogP contribution < -0.4 is 18.8 Å². The van der Waals surface area contributed by atoms with Gasteiger partial charge in [-0.15, -0.1) is 0 Å². The number of rotatable bonds is 2. The molecule has 1 aliphatic rings. The predicted molar refractivity (Wildman–Crippen MR) is 104 cm³/mol. The molecule has 1 aromatic heterocycles. The molecule has 5 heteroatoms. The third-order valence-electron chi connectivity index (χ3n) is 5.50. The topological polar surface area (TPSA) is 51.8 Å². The van der Waals surface area contributed by atoms with Crippen molar-refractivity contribution in [3.63, 3.8) is 0 Å². The molecule has 0 atom stereocenters. The molecule has 1 N–H and O–H groups in total. The Morgan fingerprint density at radius 3 is 2.52 bits per heavy atom. The van der Waals surface area contributed by atoms with Gasteiger partial charge in [-0.3, -0.25) is 0 Å². The quantitative estimate of drug-likeness (QED) is 0.433. The summed E-state index contributed by atoms with van der Waals surface area (Å²) in [5, 5.41) is 15.9. The van der Waals surface area contributed by atoms with E-state index in [4.69, 9.17) is 14.2 Å². The molecule has 0 aliphatic carbocycles. The van der Waals surface area contributed by atoms with Gasteiger partial charge in [0.2, 0.25) is 12.3 Å². The number of hydrogen-bond acceptors (Lipinski definition) is 4. The van der Waals surface area contributed by atoms with Crippen LogP contribution in [0.25, 0.3) is 32.4 Å². The Balaban J connectivity index is 2.01. The van der Waals surface area contributed by atoms with Crippen LogP contribution in [-0.2, 0) is 13.5 Å². The summed E-state index contributed by atoms with van der Waals surface area (Å²) in [7, 11) is 3.62. The number of phenolic OH excluding ortho intramolecular Hbond substituents is 1. The molecule has 3 aromatic carbocycles. The van der Waals surface area contributed by atoms with Gasteiger partial charge in [-0.25, -0.2) is 0 Å². The van der Waals surface area contributed by atoms with Crippen molar-refractivity contribution in [3.8, 4) is 23.0 Å². The van der Waals surface area contributed by atoms with Gasteiger partial charge in [0, 0.05) is 11.8 Å². The average molecular weight is 362 g/mol. The lowest BCUT2D eigenvalue weighted by Crippen LogP contribution is -2.35. The second-order valence-corrected chi connectivity index (χ2v) is 6.79. The van der Waals surface area contributed by atoms with Crippen LogP contribution in [0.15, 0.2) is 36.4 Å². The van der Waals surface area contributed by atoms with E-state index in [-0.39, 0.29) is 12.5 Å². The maximum Gasteiger partial charge on any atom is 0.231 e. The first-order chi connectivity index (χ1) is 13.1. The van der Waals surface area contributed by atoms with Gasteiger partial charge in [0.25, 0.3) is 0 Å². The van der Waals surface area contributed by atoms with Gasteiger partial charge in [-0.05, 0) is 35.7 Å². The lowest BCUT2D eigenvalue weighted by Gasteiger charge is -2.13. The first-order valence-corrected chi connectivity index (χ1v) is 9.00. The first kappa shape index (κ1) is 16.0. The minimum absolute atomic E-state index is 0.190. The van der Waals surface area contributed by atoms with Gasteiger partial charge in [0.1, 0.15) is 7.05 Å². The summed E-state index contributed by atoms with van der Waals surface area (Å²) >= 11 is 0. The van der Waals surface area contributed by atoms with Gasteiger partial charge in [0.05, 0.1) is 23.3 Å². The number of aromatic nitrogens is 1. The second kappa shape index (κ2) is 5.64. The molecule has 0 spiro atoms. The molecule has 0 fully saturated rings. The molecule has 5 nitrogen and oxygen atoms in total. The lowest BCUT2D eigenvalue weighted by atomic mass is 9.97. The van der Waals surface area contributed by atoms with Crippen molar-refractivity contribution in [2.75, 3.05) is 13.9 Å². The molecule has 0 amide bonds. The van der Waals surface area contributed by atoms with Crippen molar-refractivity contribution in [1.29, 1.82) is 0 Å². The maximum atomic E-state index is 10.8. The summed E-state index contributed by atoms with van der Waals surface area (Å²) in [5.41, 5.74) is 2.17. The summed E-state index contributed by atoms with van der Waals surface area (Å²) in [4.78, 5) is 0. The van der Waals surface area contributed by atoms with Gasteiger partial charge >= 0.3 is 0 Å². The molecule has 27 heavy (non-hydrogen) atoms. The third-order valence-corrected chi connectivity index (χ3v) is 5.50. The van der Waals surface area contributed by atoms with Gasteiger partial charge in [0.15, 0.2) is 28.7 Å². The van der Waals surface area contributed by atoms with E-state index in [0.29, 0.717) is 5.75 Å². The maximum absolute atomic E-state index is 10.8. The molecule has 1 aliphatic heterocycles. The largest absolute Gasteiger partial charge is 0.504 e. The highest BCUT2D eigenvalue weighted by Gasteiger charge is 2.25. The zero-order chi connectivity index (χ0) is 18.7. The predicted octanol–water partition coefficient (Wildman–Crippen LogP) is 3.98. The number of ether oxygens (including phenoxy) is 3. The van der Waals surface area contributed by atoms with Crippen LogP contribution in [0, 0.1) is 0 Å². The standard InChI is InChI=1S/C22H19NO4/c1-4-16-20-13(7-8-17(25-3)22(20)24)14-6-5-12-9-18-19(27-11-26-18)10-15(12)21(14)23(16)2/h5-10H,4,11H2,1-3H3/p+1. The lowest BCUT2D eigenvalue weighted by molar-refractivity contribution is -0.650. The van der Waals surface area contributed by atoms with E-state index < -0.39 is 0 Å². The van der Waals surface area contributed by atoms with E-state index in [1.807, 2.05) is 25.2 Å². The van der Waals surface area contributed by atoms with Gasteiger partial charge in [-0.2, -0.15) is 4.57 Å². The van der Waals surface area contributed by atoms with Crippen molar-refractivity contribution in [3.05, 3.63) is 42.1 Å². The zero-order valence-electron chi connectivity index (χ0n) is 15.5. The fourth-order valence-electron chi connectivity index (χ4n) is 4.25. The fraction of sp³-hybridized carbons (Fsp3) is 0.227. The normalized spacial score (nSPS) is 13.0. The molecule has 0 saturated carbocycles. The second-order valence-electron chi connectivity index (χ2n) is 6.79. The molecular formula is C22H20NO4+. The number of methoxy groups -OCH3 is 1. The minimum Gasteiger partial charge on any atom is -0.504 e. The third kappa shape index (κ3) is 2.08. The van der Waals surface area contributed by atoms with Crippen LogP contribution >= 0.6 is 0 Å². The average Bonchev–Trinajstić information content (AvgIpc) is 3.14. The van der Waals surface area contributed by atoms with E-state index in [1.165, 1.54) is 0 Å². The van der Waals surface area contributed by atoms with E-state index >= 15 is 0 Å². The minimum atomic E-state index is 0.190. The Morgan fingerprint density at radius 2 is 1.78 bits per heavy atom. The van der Waals surface area contributed by atoms with Crippen molar-refractivity contribution < 1.29 is 23.9 Å². The molecule has 0 bridgehead atoms. The number of nitrogens with zero attached hydrogens (tertiary/aromatic N) is 1. The summed E-state index contributed by atoms with van der Waals surface area (Å²) in [6.45, 7) is 2.35. The number of fused-ring (bicyclic) bond motifs is 6. The zero-order valence-corrected chi connectivity index (χ0v) is 15.5. The number of aryl methyl sites for hydroxylation is 2. The van der Waals surface area contributed by atoms with E-state index in [2.05, 4.69) is 29.7 Å². The SMILES string of the molecule is CCc1c2c(O)c(OC)ccc2c2ccc3cc4c(cc3c2[n+]1C)OCO4. The fourth-order valence-corrected chi connectivity index (χ4v) is 4.25. The molecule has 5 rings (SSSR count). The van der Waals surface area contributed by atoms with Crippen LogP contribution in [-0.4, -0.2) is 19.0 Å². The number of benzene rings is 3. The monoisotopic (exact) mass is 362 g/mol. The van der Waals surface area contributed by atoms with Crippen LogP contribution in [0.2, 0.25) is 0 Å². The number of phenols is 1. The smallest absolute Gasteiger partial charge is 0.231 e. The molecule has 0 saturated heterocycles. The number of aromatic hydroxyl groups is 1. The molecular weight excluding hydrogens is 342 g/mol.